The molecular weight excluding hydrogens is 448 g/mol. The second-order valence-corrected chi connectivity index (χ2v) is 8.87. The van der Waals surface area contributed by atoms with Gasteiger partial charge >= 0.3 is 0 Å². The third-order valence-corrected chi connectivity index (χ3v) is 6.50. The number of ketones is 1. The highest BCUT2D eigenvalue weighted by Crippen LogP contribution is 2.31. The first-order valence-electron chi connectivity index (χ1n) is 8.44. The molecule has 0 saturated carbocycles. The summed E-state index contributed by atoms with van der Waals surface area (Å²) in [6.45, 7) is 1.68. The number of nitrogens with zero attached hydrogens (tertiary/aromatic N) is 1. The fourth-order valence-electron chi connectivity index (χ4n) is 2.96. The molecule has 1 fully saturated rings. The van der Waals surface area contributed by atoms with E-state index in [0.29, 0.717) is 22.3 Å². The number of amides is 2. The van der Waals surface area contributed by atoms with E-state index in [4.69, 9.17) is 0 Å². The quantitative estimate of drug-likeness (QED) is 0.540. The summed E-state index contributed by atoms with van der Waals surface area (Å²) in [6, 6.07) is 12.3. The molecule has 146 valence electrons. The number of hydrogen-bond acceptors (Lipinski definition) is 5. The highest BCUT2D eigenvalue weighted by Gasteiger charge is 2.39. The lowest BCUT2D eigenvalue weighted by molar-refractivity contribution is -0.130. The predicted octanol–water partition coefficient (Wildman–Crippen LogP) is 2.51. The molecule has 0 radical (unpaired) electrons. The standard InChI is InChI=1S/C19H17BrN2O5S/c1-12(23)13-6-8-14(9-7-13)28(26,27)21-18(24)15-10-11-22(19(15)25)17-5-3-2-4-16(17)20/h2-9,15H,10-11H2,1H3,(H,21,24)/t15-/m1/s1. The van der Waals surface area contributed by atoms with Gasteiger partial charge in [0, 0.05) is 16.6 Å². The van der Waals surface area contributed by atoms with Gasteiger partial charge in [-0.3, -0.25) is 14.4 Å². The number of anilines is 1. The van der Waals surface area contributed by atoms with Gasteiger partial charge in [-0.25, -0.2) is 13.1 Å². The third kappa shape index (κ3) is 4.00. The number of carbonyl (C=O) groups is 3. The summed E-state index contributed by atoms with van der Waals surface area (Å²) in [5.41, 5.74) is 0.991. The number of rotatable bonds is 5. The van der Waals surface area contributed by atoms with Crippen molar-refractivity contribution in [1.82, 2.24) is 4.72 Å². The maximum Gasteiger partial charge on any atom is 0.264 e. The SMILES string of the molecule is CC(=O)c1ccc(S(=O)(=O)NC(=O)[C@H]2CCN(c3ccccc3Br)C2=O)cc1. The molecule has 2 amide bonds. The highest BCUT2D eigenvalue weighted by molar-refractivity contribution is 9.10. The van der Waals surface area contributed by atoms with Crippen LogP contribution in [0.1, 0.15) is 23.7 Å². The summed E-state index contributed by atoms with van der Waals surface area (Å²) < 4.78 is 27.6. The van der Waals surface area contributed by atoms with Crippen molar-refractivity contribution < 1.29 is 22.8 Å². The number of nitrogens with one attached hydrogen (secondary N) is 1. The lowest BCUT2D eigenvalue weighted by atomic mass is 10.1. The van der Waals surface area contributed by atoms with E-state index in [1.54, 1.807) is 18.2 Å². The molecule has 2 aromatic carbocycles. The minimum absolute atomic E-state index is 0.154. The van der Waals surface area contributed by atoms with Gasteiger partial charge in [-0.15, -0.1) is 0 Å². The molecule has 3 rings (SSSR count). The Kier molecular flexibility index (Phi) is 5.66. The zero-order valence-corrected chi connectivity index (χ0v) is 17.3. The lowest BCUT2D eigenvalue weighted by Crippen LogP contribution is -2.39. The van der Waals surface area contributed by atoms with E-state index >= 15 is 0 Å². The maximum absolute atomic E-state index is 12.7. The summed E-state index contributed by atoms with van der Waals surface area (Å²) in [7, 11) is -4.14. The van der Waals surface area contributed by atoms with Gasteiger partial charge < -0.3 is 4.90 Å². The summed E-state index contributed by atoms with van der Waals surface area (Å²) >= 11 is 3.37. The van der Waals surface area contributed by atoms with Crippen LogP contribution in [0.3, 0.4) is 0 Å². The summed E-state index contributed by atoms with van der Waals surface area (Å²) in [6.07, 6.45) is 0.213. The van der Waals surface area contributed by atoms with Crippen LogP contribution < -0.4 is 9.62 Å². The number of benzene rings is 2. The average Bonchev–Trinajstić information content (AvgIpc) is 3.03. The number of sulfonamides is 1. The predicted molar refractivity (Wildman–Crippen MR) is 106 cm³/mol. The molecule has 1 heterocycles. The monoisotopic (exact) mass is 464 g/mol. The Morgan fingerprint density at radius 1 is 1.11 bits per heavy atom. The molecule has 2 aromatic rings. The number of para-hydroxylation sites is 1. The molecular formula is C19H17BrN2O5S. The van der Waals surface area contributed by atoms with E-state index < -0.39 is 27.8 Å². The van der Waals surface area contributed by atoms with Crippen molar-refractivity contribution in [3.05, 3.63) is 58.6 Å². The van der Waals surface area contributed by atoms with Crippen molar-refractivity contribution >= 4 is 49.2 Å². The normalized spacial score (nSPS) is 16.9. The number of Topliss-reactive ketones (excluding diaryl/α,β-unsaturated/α-hetero) is 1. The van der Waals surface area contributed by atoms with Gasteiger partial charge in [0.2, 0.25) is 11.8 Å². The van der Waals surface area contributed by atoms with Gasteiger partial charge in [-0.2, -0.15) is 0 Å². The molecule has 1 N–H and O–H groups in total. The smallest absolute Gasteiger partial charge is 0.264 e. The van der Waals surface area contributed by atoms with E-state index in [2.05, 4.69) is 15.9 Å². The van der Waals surface area contributed by atoms with Crippen LogP contribution in [-0.4, -0.2) is 32.6 Å². The van der Waals surface area contributed by atoms with Gasteiger partial charge in [0.05, 0.1) is 10.6 Å². The molecule has 0 bridgehead atoms. The van der Waals surface area contributed by atoms with Crippen LogP contribution >= 0.6 is 15.9 Å². The topological polar surface area (TPSA) is 101 Å². The minimum atomic E-state index is -4.14. The molecule has 28 heavy (non-hydrogen) atoms. The summed E-state index contributed by atoms with van der Waals surface area (Å²) in [4.78, 5) is 37.7. The first-order chi connectivity index (χ1) is 13.2. The second kappa shape index (κ2) is 7.84. The van der Waals surface area contributed by atoms with E-state index in [1.807, 2.05) is 10.8 Å². The van der Waals surface area contributed by atoms with Gasteiger partial charge in [-0.05, 0) is 53.5 Å². The highest BCUT2D eigenvalue weighted by atomic mass is 79.9. The van der Waals surface area contributed by atoms with Crippen molar-refractivity contribution in [1.29, 1.82) is 0 Å². The third-order valence-electron chi connectivity index (χ3n) is 4.47. The van der Waals surface area contributed by atoms with Gasteiger partial charge in [0.15, 0.2) is 5.78 Å². The minimum Gasteiger partial charge on any atom is -0.311 e. The van der Waals surface area contributed by atoms with E-state index in [1.165, 1.54) is 36.1 Å². The Labute approximate surface area is 170 Å². The van der Waals surface area contributed by atoms with Crippen LogP contribution in [0.4, 0.5) is 5.69 Å². The molecule has 1 aliphatic heterocycles. The van der Waals surface area contributed by atoms with Crippen LogP contribution in [0, 0.1) is 5.92 Å². The Morgan fingerprint density at radius 2 is 1.75 bits per heavy atom. The summed E-state index contributed by atoms with van der Waals surface area (Å²) in [5.74, 6) is -2.60. The second-order valence-electron chi connectivity index (χ2n) is 6.33. The number of hydrogen-bond donors (Lipinski definition) is 1. The fourth-order valence-corrected chi connectivity index (χ4v) is 4.48. The van der Waals surface area contributed by atoms with E-state index in [0.717, 1.165) is 0 Å². The molecule has 0 spiro atoms. The largest absolute Gasteiger partial charge is 0.311 e. The zero-order valence-electron chi connectivity index (χ0n) is 14.9. The number of carbonyl (C=O) groups excluding carboxylic acids is 3. The molecule has 1 saturated heterocycles. The van der Waals surface area contributed by atoms with Crippen molar-refractivity contribution in [2.75, 3.05) is 11.4 Å². The maximum atomic E-state index is 12.7. The molecule has 0 unspecified atom stereocenters. The van der Waals surface area contributed by atoms with Crippen LogP contribution in [0.2, 0.25) is 0 Å². The van der Waals surface area contributed by atoms with E-state index in [9.17, 15) is 22.8 Å². The fraction of sp³-hybridized carbons (Fsp3) is 0.211. The zero-order chi connectivity index (χ0) is 20.5. The van der Waals surface area contributed by atoms with E-state index in [-0.39, 0.29) is 17.1 Å². The van der Waals surface area contributed by atoms with Crippen LogP contribution in [0.25, 0.3) is 0 Å². The molecule has 1 atom stereocenters. The first kappa shape index (κ1) is 20.2. The van der Waals surface area contributed by atoms with Crippen molar-refractivity contribution in [3.8, 4) is 0 Å². The Bertz CT molecular complexity index is 1050. The number of halogens is 1. The van der Waals surface area contributed by atoms with Crippen molar-refractivity contribution in [2.24, 2.45) is 5.92 Å². The Morgan fingerprint density at radius 3 is 2.36 bits per heavy atom. The lowest BCUT2D eigenvalue weighted by Gasteiger charge is -2.18. The molecule has 9 heteroatoms. The molecule has 0 aromatic heterocycles. The van der Waals surface area contributed by atoms with Gasteiger partial charge in [-0.1, -0.05) is 24.3 Å². The molecule has 1 aliphatic rings. The first-order valence-corrected chi connectivity index (χ1v) is 10.7. The average molecular weight is 465 g/mol. The summed E-state index contributed by atoms with van der Waals surface area (Å²) in [5, 5.41) is 0. The van der Waals surface area contributed by atoms with Crippen LogP contribution in [0.5, 0.6) is 0 Å². The van der Waals surface area contributed by atoms with Crippen molar-refractivity contribution in [3.63, 3.8) is 0 Å². The molecule has 7 nitrogen and oxygen atoms in total. The van der Waals surface area contributed by atoms with Gasteiger partial charge in [0.1, 0.15) is 5.92 Å². The molecule has 0 aliphatic carbocycles. The van der Waals surface area contributed by atoms with Crippen LogP contribution in [0.15, 0.2) is 57.9 Å². The Balaban J connectivity index is 1.75. The Hall–Kier alpha value is -2.52. The van der Waals surface area contributed by atoms with Crippen LogP contribution in [-0.2, 0) is 19.6 Å². The van der Waals surface area contributed by atoms with Crippen molar-refractivity contribution in [2.45, 2.75) is 18.2 Å². The van der Waals surface area contributed by atoms with Gasteiger partial charge in [0.25, 0.3) is 10.0 Å².